The third-order valence-corrected chi connectivity index (χ3v) is 3.77. The maximum Gasteiger partial charge on any atom is 0.134 e. The molecule has 0 radical (unpaired) electrons. The second kappa shape index (κ2) is 5.12. The Morgan fingerprint density at radius 1 is 1.47 bits per heavy atom. The van der Waals surface area contributed by atoms with E-state index in [1.165, 1.54) is 17.4 Å². The van der Waals surface area contributed by atoms with E-state index in [4.69, 9.17) is 11.6 Å². The average molecular weight is 271 g/mol. The summed E-state index contributed by atoms with van der Waals surface area (Å²) in [5.41, 5.74) is 1.28. The third-order valence-electron chi connectivity index (χ3n) is 2.58. The van der Waals surface area contributed by atoms with Crippen molar-refractivity contribution in [3.63, 3.8) is 0 Å². The van der Waals surface area contributed by atoms with E-state index < -0.39 is 0 Å². The normalized spacial score (nSPS) is 12.7. The van der Waals surface area contributed by atoms with Gasteiger partial charge >= 0.3 is 0 Å². The van der Waals surface area contributed by atoms with Crippen LogP contribution < -0.4 is 5.32 Å². The lowest BCUT2D eigenvalue weighted by molar-refractivity contribution is 0.628. The molecule has 1 unspecified atom stereocenters. The van der Waals surface area contributed by atoms with Gasteiger partial charge in [0.05, 0.1) is 16.3 Å². The quantitative estimate of drug-likeness (QED) is 0.915. The maximum atomic E-state index is 13.7. The number of hydrogen-bond donors (Lipinski definition) is 1. The summed E-state index contributed by atoms with van der Waals surface area (Å²) in [6, 6.07) is 4.80. The lowest BCUT2D eigenvalue weighted by atomic mass is 10.2. The summed E-state index contributed by atoms with van der Waals surface area (Å²) in [5.74, 6) is -0.337. The van der Waals surface area contributed by atoms with Crippen LogP contribution in [0.1, 0.15) is 18.7 Å². The zero-order chi connectivity index (χ0) is 12.4. The fraction of sp³-hybridized carbons (Fsp3) is 0.250. The van der Waals surface area contributed by atoms with Gasteiger partial charge in [0.1, 0.15) is 10.8 Å². The monoisotopic (exact) mass is 270 g/mol. The minimum absolute atomic E-state index is 0.144. The number of nitrogens with zero attached hydrogens (tertiary/aromatic N) is 1. The molecular formula is C12H12ClFN2S. The maximum absolute atomic E-state index is 13.7. The van der Waals surface area contributed by atoms with Gasteiger partial charge in [-0.15, -0.1) is 11.3 Å². The molecule has 2 aromatic rings. The Kier molecular flexibility index (Phi) is 3.76. The predicted molar refractivity (Wildman–Crippen MR) is 70.0 cm³/mol. The summed E-state index contributed by atoms with van der Waals surface area (Å²) in [6.45, 7) is 2.00. The van der Waals surface area contributed by atoms with Crippen molar-refractivity contribution in [3.05, 3.63) is 40.1 Å². The van der Waals surface area contributed by atoms with Crippen LogP contribution in [0.15, 0.2) is 23.6 Å². The highest BCUT2D eigenvalue weighted by Crippen LogP contribution is 2.33. The van der Waals surface area contributed by atoms with Crippen molar-refractivity contribution in [1.82, 2.24) is 10.3 Å². The fourth-order valence-corrected chi connectivity index (χ4v) is 2.73. The van der Waals surface area contributed by atoms with Crippen LogP contribution in [0.5, 0.6) is 0 Å². The third kappa shape index (κ3) is 2.49. The largest absolute Gasteiger partial charge is 0.312 e. The van der Waals surface area contributed by atoms with Crippen LogP contribution in [0.25, 0.3) is 10.6 Å². The van der Waals surface area contributed by atoms with Crippen molar-refractivity contribution < 1.29 is 4.39 Å². The summed E-state index contributed by atoms with van der Waals surface area (Å²) >= 11 is 7.40. The smallest absolute Gasteiger partial charge is 0.134 e. The molecule has 0 spiro atoms. The van der Waals surface area contributed by atoms with E-state index in [0.717, 1.165) is 5.69 Å². The molecule has 2 nitrogen and oxygen atoms in total. The molecule has 17 heavy (non-hydrogen) atoms. The minimum atomic E-state index is -0.337. The topological polar surface area (TPSA) is 24.9 Å². The Morgan fingerprint density at radius 2 is 2.24 bits per heavy atom. The van der Waals surface area contributed by atoms with Gasteiger partial charge in [0.25, 0.3) is 0 Å². The van der Waals surface area contributed by atoms with E-state index in [1.807, 2.05) is 19.4 Å². The molecular weight excluding hydrogens is 259 g/mol. The van der Waals surface area contributed by atoms with E-state index in [9.17, 15) is 4.39 Å². The van der Waals surface area contributed by atoms with Gasteiger partial charge in [0.15, 0.2) is 0 Å². The second-order valence-corrected chi connectivity index (χ2v) is 4.95. The van der Waals surface area contributed by atoms with Gasteiger partial charge in [-0.2, -0.15) is 0 Å². The summed E-state index contributed by atoms with van der Waals surface area (Å²) in [4.78, 5) is 4.40. The molecule has 1 N–H and O–H groups in total. The summed E-state index contributed by atoms with van der Waals surface area (Å²) in [5, 5.41) is 6.02. The first-order valence-corrected chi connectivity index (χ1v) is 6.46. The molecule has 0 fully saturated rings. The fourth-order valence-electron chi connectivity index (χ4n) is 1.45. The molecule has 5 heteroatoms. The molecule has 1 aromatic heterocycles. The Hall–Kier alpha value is -0.970. The van der Waals surface area contributed by atoms with Crippen molar-refractivity contribution in [2.24, 2.45) is 0 Å². The summed E-state index contributed by atoms with van der Waals surface area (Å²) in [7, 11) is 1.86. The van der Waals surface area contributed by atoms with Crippen molar-refractivity contribution >= 4 is 22.9 Å². The van der Waals surface area contributed by atoms with Gasteiger partial charge in [-0.25, -0.2) is 9.37 Å². The number of aromatic nitrogens is 1. The van der Waals surface area contributed by atoms with Crippen LogP contribution in [-0.4, -0.2) is 12.0 Å². The van der Waals surface area contributed by atoms with Crippen LogP contribution >= 0.6 is 22.9 Å². The molecule has 90 valence electrons. The molecule has 0 saturated heterocycles. The van der Waals surface area contributed by atoms with E-state index in [2.05, 4.69) is 10.3 Å². The number of benzene rings is 1. The molecule has 1 heterocycles. The number of halogens is 2. The van der Waals surface area contributed by atoms with Crippen LogP contribution in [0, 0.1) is 5.82 Å². The molecule has 0 aliphatic carbocycles. The van der Waals surface area contributed by atoms with E-state index in [-0.39, 0.29) is 11.9 Å². The zero-order valence-electron chi connectivity index (χ0n) is 9.50. The molecule has 1 atom stereocenters. The van der Waals surface area contributed by atoms with Gasteiger partial charge in [0, 0.05) is 11.4 Å². The molecule has 1 aromatic carbocycles. The molecule has 0 aliphatic rings. The van der Waals surface area contributed by atoms with Crippen LogP contribution in [0.4, 0.5) is 4.39 Å². The van der Waals surface area contributed by atoms with E-state index in [0.29, 0.717) is 15.6 Å². The van der Waals surface area contributed by atoms with Crippen molar-refractivity contribution in [2.45, 2.75) is 13.0 Å². The first kappa shape index (κ1) is 12.5. The van der Waals surface area contributed by atoms with E-state index in [1.54, 1.807) is 12.1 Å². The Bertz CT molecular complexity index is 507. The molecule has 0 amide bonds. The Labute approximate surface area is 108 Å². The SMILES string of the molecule is CNC(C)c1csc(-c2c(F)cccc2Cl)n1. The zero-order valence-corrected chi connectivity index (χ0v) is 11.1. The van der Waals surface area contributed by atoms with Gasteiger partial charge in [-0.1, -0.05) is 17.7 Å². The number of hydrogen-bond acceptors (Lipinski definition) is 3. The highest BCUT2D eigenvalue weighted by Gasteiger charge is 2.15. The molecule has 0 saturated carbocycles. The number of thiazole rings is 1. The van der Waals surface area contributed by atoms with Gasteiger partial charge in [-0.3, -0.25) is 0 Å². The minimum Gasteiger partial charge on any atom is -0.312 e. The number of rotatable bonds is 3. The molecule has 2 rings (SSSR count). The van der Waals surface area contributed by atoms with Crippen molar-refractivity contribution in [3.8, 4) is 10.6 Å². The first-order chi connectivity index (χ1) is 8.13. The standard InChI is InChI=1S/C12H12ClFN2S/c1-7(15-2)10-6-17-12(16-10)11-8(13)4-3-5-9(11)14/h3-7,15H,1-2H3. The molecule has 0 aliphatic heterocycles. The lowest BCUT2D eigenvalue weighted by Crippen LogP contribution is -2.12. The average Bonchev–Trinajstić information content (AvgIpc) is 2.77. The second-order valence-electron chi connectivity index (χ2n) is 3.68. The van der Waals surface area contributed by atoms with Crippen LogP contribution in [0.2, 0.25) is 5.02 Å². The summed E-state index contributed by atoms with van der Waals surface area (Å²) in [6.07, 6.45) is 0. The first-order valence-electron chi connectivity index (χ1n) is 5.20. The summed E-state index contributed by atoms with van der Waals surface area (Å²) < 4.78 is 13.7. The van der Waals surface area contributed by atoms with Gasteiger partial charge in [-0.05, 0) is 26.1 Å². The molecule has 0 bridgehead atoms. The highest BCUT2D eigenvalue weighted by atomic mass is 35.5. The van der Waals surface area contributed by atoms with Crippen LogP contribution in [0.3, 0.4) is 0 Å². The van der Waals surface area contributed by atoms with Crippen LogP contribution in [-0.2, 0) is 0 Å². The van der Waals surface area contributed by atoms with Gasteiger partial charge in [0.2, 0.25) is 0 Å². The lowest BCUT2D eigenvalue weighted by Gasteiger charge is -2.05. The van der Waals surface area contributed by atoms with Gasteiger partial charge < -0.3 is 5.32 Å². The van der Waals surface area contributed by atoms with Crippen molar-refractivity contribution in [2.75, 3.05) is 7.05 Å². The predicted octanol–water partition coefficient (Wildman–Crippen LogP) is 3.88. The van der Waals surface area contributed by atoms with E-state index >= 15 is 0 Å². The van der Waals surface area contributed by atoms with Crippen molar-refractivity contribution in [1.29, 1.82) is 0 Å². The number of nitrogens with one attached hydrogen (secondary N) is 1. The highest BCUT2D eigenvalue weighted by molar-refractivity contribution is 7.13. The Morgan fingerprint density at radius 3 is 2.88 bits per heavy atom. The Balaban J connectivity index is 2.44.